The van der Waals surface area contributed by atoms with Crippen LogP contribution in [0.4, 0.5) is 0 Å². The molecule has 0 aliphatic carbocycles. The lowest BCUT2D eigenvalue weighted by molar-refractivity contribution is 1.39. The van der Waals surface area contributed by atoms with Crippen molar-refractivity contribution in [3.63, 3.8) is 0 Å². The fraction of sp³-hybridized carbons (Fsp3) is 0. The molecule has 0 amide bonds. The smallest absolute Gasteiger partial charge is 0.0794 e. The lowest BCUT2D eigenvalue weighted by Gasteiger charge is -2.20. The number of fused-ring (bicyclic) bond motifs is 1. The Kier molecular flexibility index (Phi) is 6.60. The monoisotopic (exact) mass is 460 g/mol. The van der Waals surface area contributed by atoms with Crippen molar-refractivity contribution >= 4 is 28.3 Å². The molecule has 3 radical (unpaired) electrons. The fourth-order valence-corrected chi connectivity index (χ4v) is 4.76. The summed E-state index contributed by atoms with van der Waals surface area (Å²) in [6.07, 6.45) is 0. The van der Waals surface area contributed by atoms with Gasteiger partial charge in [0.1, 0.15) is 0 Å². The average Bonchev–Trinajstić information content (AvgIpc) is 2.93. The van der Waals surface area contributed by atoms with Gasteiger partial charge in [-0.3, -0.25) is 0 Å². The van der Waals surface area contributed by atoms with Crippen LogP contribution in [0.5, 0.6) is 0 Å². The first-order valence-electron chi connectivity index (χ1n) is 11.6. The standard InChI is InChI=1S/C33H23N.Al/c1-5-14-24(15-6-1)28-22-13-23-29-32(28)30(25-16-7-2-8-17-25)31(26-18-9-3-10-19-26)33(34-29)27-20-11-4-12-21-27;/h1-23H;. The van der Waals surface area contributed by atoms with Crippen molar-refractivity contribution in [2.75, 3.05) is 0 Å². The van der Waals surface area contributed by atoms with Crippen LogP contribution in [0.25, 0.3) is 55.5 Å². The second kappa shape index (κ2) is 10.1. The van der Waals surface area contributed by atoms with Gasteiger partial charge in [-0.15, -0.1) is 0 Å². The van der Waals surface area contributed by atoms with Crippen LogP contribution in [0.3, 0.4) is 0 Å². The van der Waals surface area contributed by atoms with Crippen LogP contribution in [0, 0.1) is 0 Å². The Morgan fingerprint density at radius 2 is 0.829 bits per heavy atom. The second-order valence-corrected chi connectivity index (χ2v) is 8.37. The first-order chi connectivity index (χ1) is 16.9. The fourth-order valence-electron chi connectivity index (χ4n) is 4.76. The molecule has 1 nitrogen and oxygen atoms in total. The highest BCUT2D eigenvalue weighted by Gasteiger charge is 2.21. The van der Waals surface area contributed by atoms with E-state index in [1.54, 1.807) is 0 Å². The van der Waals surface area contributed by atoms with Gasteiger partial charge in [-0.1, -0.05) is 133 Å². The molecule has 2 heteroatoms. The lowest BCUT2D eigenvalue weighted by Crippen LogP contribution is -1.98. The SMILES string of the molecule is [Al].c1ccc(-c2nc3cccc(-c4ccccc4)c3c(-c3ccccc3)c2-c2ccccc2)cc1. The van der Waals surface area contributed by atoms with Crippen molar-refractivity contribution in [3.05, 3.63) is 140 Å². The molecule has 35 heavy (non-hydrogen) atoms. The van der Waals surface area contributed by atoms with E-state index >= 15 is 0 Å². The minimum Gasteiger partial charge on any atom is -0.247 e. The normalized spacial score (nSPS) is 10.6. The molecule has 0 unspecified atom stereocenters. The topological polar surface area (TPSA) is 12.9 Å². The quantitative estimate of drug-likeness (QED) is 0.240. The zero-order valence-electron chi connectivity index (χ0n) is 19.3. The largest absolute Gasteiger partial charge is 0.247 e. The van der Waals surface area contributed by atoms with Crippen LogP contribution in [-0.2, 0) is 0 Å². The molecule has 1 heterocycles. The number of hydrogen-bond donors (Lipinski definition) is 0. The van der Waals surface area contributed by atoms with Gasteiger partial charge in [-0.2, -0.15) is 0 Å². The van der Waals surface area contributed by atoms with Crippen molar-refractivity contribution in [1.82, 2.24) is 4.98 Å². The van der Waals surface area contributed by atoms with E-state index in [4.69, 9.17) is 4.98 Å². The number of rotatable bonds is 4. The molecule has 0 saturated carbocycles. The van der Waals surface area contributed by atoms with Gasteiger partial charge in [0.15, 0.2) is 0 Å². The zero-order chi connectivity index (χ0) is 22.7. The van der Waals surface area contributed by atoms with Gasteiger partial charge < -0.3 is 0 Å². The van der Waals surface area contributed by atoms with Crippen molar-refractivity contribution in [1.29, 1.82) is 0 Å². The highest BCUT2D eigenvalue weighted by molar-refractivity contribution is 6.12. The molecule has 1 aromatic heterocycles. The molecule has 0 saturated heterocycles. The van der Waals surface area contributed by atoms with E-state index in [9.17, 15) is 0 Å². The summed E-state index contributed by atoms with van der Waals surface area (Å²) in [5.41, 5.74) is 10.2. The molecule has 0 aliphatic rings. The number of pyridine rings is 1. The highest BCUT2D eigenvalue weighted by Crippen LogP contribution is 2.45. The molecule has 0 atom stereocenters. The first-order valence-corrected chi connectivity index (χ1v) is 11.6. The van der Waals surface area contributed by atoms with Gasteiger partial charge in [0.2, 0.25) is 0 Å². The summed E-state index contributed by atoms with van der Waals surface area (Å²) in [6, 6.07) is 49.0. The minimum absolute atomic E-state index is 0. The highest BCUT2D eigenvalue weighted by atomic mass is 27.0. The molecule has 6 aromatic rings. The van der Waals surface area contributed by atoms with Crippen LogP contribution < -0.4 is 0 Å². The molecule has 5 aromatic carbocycles. The minimum atomic E-state index is 0. The number of aromatic nitrogens is 1. The van der Waals surface area contributed by atoms with E-state index in [0.717, 1.165) is 27.9 Å². The van der Waals surface area contributed by atoms with Gasteiger partial charge in [0.05, 0.1) is 11.2 Å². The van der Waals surface area contributed by atoms with Crippen LogP contribution >= 0.6 is 0 Å². The molecular formula is C33H23AlN. The van der Waals surface area contributed by atoms with Crippen LogP contribution in [0.2, 0.25) is 0 Å². The Labute approximate surface area is 216 Å². The average molecular weight is 461 g/mol. The number of hydrogen-bond acceptors (Lipinski definition) is 1. The van der Waals surface area contributed by atoms with Crippen molar-refractivity contribution in [2.45, 2.75) is 0 Å². The molecule has 0 spiro atoms. The predicted molar refractivity (Wildman–Crippen MR) is 149 cm³/mol. The maximum absolute atomic E-state index is 5.29. The van der Waals surface area contributed by atoms with Gasteiger partial charge in [0, 0.05) is 39.4 Å². The number of benzene rings is 5. The summed E-state index contributed by atoms with van der Waals surface area (Å²) in [6.45, 7) is 0. The Morgan fingerprint density at radius 3 is 1.37 bits per heavy atom. The van der Waals surface area contributed by atoms with E-state index in [1.807, 2.05) is 0 Å². The van der Waals surface area contributed by atoms with Crippen LogP contribution in [-0.4, -0.2) is 22.3 Å². The Morgan fingerprint density at radius 1 is 0.371 bits per heavy atom. The van der Waals surface area contributed by atoms with E-state index in [1.165, 1.54) is 27.6 Å². The summed E-state index contributed by atoms with van der Waals surface area (Å²) in [4.78, 5) is 5.29. The summed E-state index contributed by atoms with van der Waals surface area (Å²) in [5.74, 6) is 0. The van der Waals surface area contributed by atoms with Crippen LogP contribution in [0.1, 0.15) is 0 Å². The second-order valence-electron chi connectivity index (χ2n) is 8.37. The molecule has 0 fully saturated rings. The Balaban J connectivity index is 0.00000253. The summed E-state index contributed by atoms with van der Waals surface area (Å²) >= 11 is 0. The number of nitrogens with zero attached hydrogens (tertiary/aromatic N) is 1. The van der Waals surface area contributed by atoms with E-state index < -0.39 is 0 Å². The molecule has 6 rings (SSSR count). The summed E-state index contributed by atoms with van der Waals surface area (Å²) in [5, 5.41) is 1.18. The molecule has 0 aliphatic heterocycles. The summed E-state index contributed by atoms with van der Waals surface area (Å²) in [7, 11) is 0. The molecule has 0 N–H and O–H groups in total. The maximum atomic E-state index is 5.29. The van der Waals surface area contributed by atoms with Gasteiger partial charge in [-0.25, -0.2) is 4.98 Å². The molecule has 163 valence electrons. The van der Waals surface area contributed by atoms with E-state index in [0.29, 0.717) is 0 Å². The van der Waals surface area contributed by atoms with Crippen molar-refractivity contribution in [3.8, 4) is 44.6 Å². The van der Waals surface area contributed by atoms with Crippen LogP contribution in [0.15, 0.2) is 140 Å². The van der Waals surface area contributed by atoms with E-state index in [-0.39, 0.29) is 17.4 Å². The molecular weight excluding hydrogens is 437 g/mol. The predicted octanol–water partition coefficient (Wildman–Crippen LogP) is 8.52. The van der Waals surface area contributed by atoms with Crippen molar-refractivity contribution in [2.24, 2.45) is 0 Å². The molecule has 0 bridgehead atoms. The lowest BCUT2D eigenvalue weighted by atomic mass is 9.85. The van der Waals surface area contributed by atoms with Gasteiger partial charge in [0.25, 0.3) is 0 Å². The first kappa shape index (κ1) is 22.8. The Bertz CT molecular complexity index is 1560. The van der Waals surface area contributed by atoms with Gasteiger partial charge in [-0.05, 0) is 28.3 Å². The van der Waals surface area contributed by atoms with Gasteiger partial charge >= 0.3 is 0 Å². The third-order valence-corrected chi connectivity index (χ3v) is 6.27. The van der Waals surface area contributed by atoms with Crippen molar-refractivity contribution < 1.29 is 0 Å². The third kappa shape index (κ3) is 4.31. The third-order valence-electron chi connectivity index (χ3n) is 6.27. The zero-order valence-corrected chi connectivity index (χ0v) is 20.5. The maximum Gasteiger partial charge on any atom is 0.0794 e. The summed E-state index contributed by atoms with van der Waals surface area (Å²) < 4.78 is 0. The van der Waals surface area contributed by atoms with E-state index in [2.05, 4.69) is 140 Å². The Hall–Kier alpha value is -3.96.